The van der Waals surface area contributed by atoms with Crippen LogP contribution in [0.4, 0.5) is 23.1 Å². The van der Waals surface area contributed by atoms with Gasteiger partial charge in [0.05, 0.1) is 6.61 Å². The minimum absolute atomic E-state index is 0.585. The highest BCUT2D eigenvalue weighted by atomic mass is 16.5. The molecule has 2 aromatic rings. The molecule has 0 unspecified atom stereocenters. The topological polar surface area (TPSA) is 62.3 Å². The first-order valence-corrected chi connectivity index (χ1v) is 8.92. The summed E-state index contributed by atoms with van der Waals surface area (Å²) in [5.41, 5.74) is 2.27. The van der Waals surface area contributed by atoms with Gasteiger partial charge in [0.15, 0.2) is 0 Å². The van der Waals surface area contributed by atoms with Gasteiger partial charge in [-0.1, -0.05) is 6.92 Å². The number of nitrogens with zero attached hydrogens (tertiary/aromatic N) is 3. The normalized spacial score (nSPS) is 15.2. The lowest BCUT2D eigenvalue weighted by molar-refractivity contribution is 0.210. The molecule has 0 saturated carbocycles. The van der Waals surface area contributed by atoms with Gasteiger partial charge in [0.2, 0.25) is 5.95 Å². The van der Waals surface area contributed by atoms with Gasteiger partial charge in [-0.3, -0.25) is 0 Å². The van der Waals surface area contributed by atoms with Crippen molar-refractivity contribution in [1.29, 1.82) is 0 Å². The highest BCUT2D eigenvalue weighted by Crippen LogP contribution is 2.25. The van der Waals surface area contributed by atoms with Crippen LogP contribution >= 0.6 is 0 Å². The van der Waals surface area contributed by atoms with E-state index in [2.05, 4.69) is 56.7 Å². The van der Waals surface area contributed by atoms with Crippen LogP contribution in [0, 0.1) is 5.92 Å². The van der Waals surface area contributed by atoms with Crippen molar-refractivity contribution < 1.29 is 4.74 Å². The van der Waals surface area contributed by atoms with E-state index in [1.165, 1.54) is 18.5 Å². The van der Waals surface area contributed by atoms with Gasteiger partial charge in [0, 0.05) is 44.3 Å². The van der Waals surface area contributed by atoms with Crippen LogP contribution in [0.2, 0.25) is 0 Å². The lowest BCUT2D eigenvalue weighted by Gasteiger charge is -2.32. The number of benzene rings is 1. The molecule has 2 N–H and O–H groups in total. The van der Waals surface area contributed by atoms with Crippen molar-refractivity contribution in [3.8, 4) is 0 Å². The zero-order valence-corrected chi connectivity index (χ0v) is 15.0. The van der Waals surface area contributed by atoms with E-state index in [-0.39, 0.29) is 0 Å². The van der Waals surface area contributed by atoms with Crippen molar-refractivity contribution in [2.45, 2.75) is 19.8 Å². The molecule has 1 fully saturated rings. The fourth-order valence-electron chi connectivity index (χ4n) is 2.95. The molecule has 1 aliphatic rings. The fraction of sp³-hybridized carbons (Fsp3) is 0.474. The van der Waals surface area contributed by atoms with Crippen LogP contribution in [0.1, 0.15) is 19.8 Å². The van der Waals surface area contributed by atoms with E-state index in [9.17, 15) is 0 Å². The molecule has 1 aromatic carbocycles. The second-order valence-corrected chi connectivity index (χ2v) is 6.53. The van der Waals surface area contributed by atoms with Crippen molar-refractivity contribution in [3.63, 3.8) is 0 Å². The van der Waals surface area contributed by atoms with Gasteiger partial charge in [0.1, 0.15) is 5.82 Å². The molecule has 0 radical (unpaired) electrons. The Bertz CT molecular complexity index is 653. The molecule has 0 amide bonds. The molecule has 25 heavy (non-hydrogen) atoms. The Kier molecular flexibility index (Phi) is 6.06. The smallest absolute Gasteiger partial charge is 0.229 e. The maximum atomic E-state index is 5.03. The molecule has 0 bridgehead atoms. The number of methoxy groups -OCH3 is 1. The monoisotopic (exact) mass is 341 g/mol. The van der Waals surface area contributed by atoms with E-state index in [4.69, 9.17) is 4.74 Å². The Morgan fingerprint density at radius 2 is 1.92 bits per heavy atom. The quantitative estimate of drug-likeness (QED) is 0.752. The van der Waals surface area contributed by atoms with Crippen LogP contribution < -0.4 is 15.5 Å². The number of rotatable bonds is 7. The number of hydrogen-bond donors (Lipinski definition) is 2. The summed E-state index contributed by atoms with van der Waals surface area (Å²) in [7, 11) is 1.68. The molecule has 3 rings (SSSR count). The summed E-state index contributed by atoms with van der Waals surface area (Å²) in [5.74, 6) is 2.22. The van der Waals surface area contributed by atoms with Gasteiger partial charge in [-0.05, 0) is 49.1 Å². The van der Waals surface area contributed by atoms with E-state index in [0.29, 0.717) is 12.6 Å². The lowest BCUT2D eigenvalue weighted by atomic mass is 9.99. The summed E-state index contributed by atoms with van der Waals surface area (Å²) in [6.45, 7) is 5.99. The van der Waals surface area contributed by atoms with Gasteiger partial charge in [0.25, 0.3) is 0 Å². The summed E-state index contributed by atoms with van der Waals surface area (Å²) in [5, 5.41) is 6.46. The third-order valence-electron chi connectivity index (χ3n) is 4.54. The average molecular weight is 341 g/mol. The SMILES string of the molecule is COCCNc1ccnc(Nc2ccc(N3CCC(C)CC3)cc2)n1. The highest BCUT2D eigenvalue weighted by molar-refractivity contribution is 5.60. The maximum Gasteiger partial charge on any atom is 0.229 e. The van der Waals surface area contributed by atoms with Crippen LogP contribution in [0.15, 0.2) is 36.5 Å². The van der Waals surface area contributed by atoms with Crippen molar-refractivity contribution in [2.24, 2.45) is 5.92 Å². The molecular weight excluding hydrogens is 314 g/mol. The number of hydrogen-bond acceptors (Lipinski definition) is 6. The summed E-state index contributed by atoms with van der Waals surface area (Å²) in [6.07, 6.45) is 4.29. The van der Waals surface area contributed by atoms with Gasteiger partial charge < -0.3 is 20.3 Å². The van der Waals surface area contributed by atoms with Gasteiger partial charge >= 0.3 is 0 Å². The number of anilines is 4. The molecule has 2 heterocycles. The predicted molar refractivity (Wildman–Crippen MR) is 103 cm³/mol. The Labute approximate surface area is 149 Å². The third kappa shape index (κ3) is 5.06. The van der Waals surface area contributed by atoms with Crippen molar-refractivity contribution in [1.82, 2.24) is 9.97 Å². The standard InChI is InChI=1S/C19H27N5O/c1-15-8-12-24(13-9-15)17-5-3-16(4-6-17)22-19-21-10-7-18(23-19)20-11-14-25-2/h3-7,10,15H,8-9,11-14H2,1-2H3,(H2,20,21,22,23). The number of nitrogens with one attached hydrogen (secondary N) is 2. The van der Waals surface area contributed by atoms with Crippen molar-refractivity contribution in [3.05, 3.63) is 36.5 Å². The molecule has 1 aliphatic heterocycles. The van der Waals surface area contributed by atoms with Crippen LogP contribution in [-0.4, -0.2) is 43.3 Å². The minimum atomic E-state index is 0.585. The average Bonchev–Trinajstić information content (AvgIpc) is 2.64. The predicted octanol–water partition coefficient (Wildman–Crippen LogP) is 3.51. The molecule has 0 atom stereocenters. The molecule has 1 aromatic heterocycles. The Morgan fingerprint density at radius 3 is 2.64 bits per heavy atom. The third-order valence-corrected chi connectivity index (χ3v) is 4.54. The second kappa shape index (κ2) is 8.67. The van der Waals surface area contributed by atoms with Crippen LogP contribution in [0.3, 0.4) is 0 Å². The second-order valence-electron chi connectivity index (χ2n) is 6.53. The number of aromatic nitrogens is 2. The summed E-state index contributed by atoms with van der Waals surface area (Å²) < 4.78 is 5.03. The first-order valence-electron chi connectivity index (χ1n) is 8.92. The molecule has 0 aliphatic carbocycles. The van der Waals surface area contributed by atoms with Gasteiger partial charge in [-0.25, -0.2) is 4.98 Å². The van der Waals surface area contributed by atoms with E-state index < -0.39 is 0 Å². The fourth-order valence-corrected chi connectivity index (χ4v) is 2.95. The molecular formula is C19H27N5O. The first-order chi connectivity index (χ1) is 12.2. The summed E-state index contributed by atoms with van der Waals surface area (Å²) in [4.78, 5) is 11.2. The van der Waals surface area contributed by atoms with Crippen molar-refractivity contribution in [2.75, 3.05) is 48.9 Å². The zero-order chi connectivity index (χ0) is 17.5. The van der Waals surface area contributed by atoms with Gasteiger partial charge in [-0.15, -0.1) is 0 Å². The molecule has 1 saturated heterocycles. The molecule has 134 valence electrons. The van der Waals surface area contributed by atoms with E-state index >= 15 is 0 Å². The zero-order valence-electron chi connectivity index (χ0n) is 15.0. The summed E-state index contributed by atoms with van der Waals surface area (Å²) in [6, 6.07) is 10.4. The van der Waals surface area contributed by atoms with Crippen LogP contribution in [0.5, 0.6) is 0 Å². The molecule has 6 nitrogen and oxygen atoms in total. The van der Waals surface area contributed by atoms with Crippen LogP contribution in [-0.2, 0) is 4.74 Å². The Morgan fingerprint density at radius 1 is 1.16 bits per heavy atom. The number of piperidine rings is 1. The Balaban J connectivity index is 1.58. The van der Waals surface area contributed by atoms with Crippen LogP contribution in [0.25, 0.3) is 0 Å². The maximum absolute atomic E-state index is 5.03. The highest BCUT2D eigenvalue weighted by Gasteiger charge is 2.15. The first kappa shape index (κ1) is 17.5. The lowest BCUT2D eigenvalue weighted by Crippen LogP contribution is -2.32. The Hall–Kier alpha value is -2.34. The molecule has 0 spiro atoms. The van der Waals surface area contributed by atoms with E-state index in [0.717, 1.165) is 37.1 Å². The number of ether oxygens (including phenoxy) is 1. The van der Waals surface area contributed by atoms with Gasteiger partial charge in [-0.2, -0.15) is 4.98 Å². The molecule has 6 heteroatoms. The summed E-state index contributed by atoms with van der Waals surface area (Å²) >= 11 is 0. The van der Waals surface area contributed by atoms with Crippen molar-refractivity contribution >= 4 is 23.1 Å². The van der Waals surface area contributed by atoms with E-state index in [1.54, 1.807) is 13.3 Å². The largest absolute Gasteiger partial charge is 0.383 e. The van der Waals surface area contributed by atoms with E-state index in [1.807, 2.05) is 6.07 Å². The minimum Gasteiger partial charge on any atom is -0.383 e.